The molecule has 9 nitrogen and oxygen atoms in total. The average molecular weight is 654 g/mol. The van der Waals surface area contributed by atoms with Crippen LogP contribution < -0.4 is 15.8 Å². The fourth-order valence-corrected chi connectivity index (χ4v) is 5.92. The molecule has 3 aromatic heterocycles. The van der Waals surface area contributed by atoms with Gasteiger partial charge in [0.15, 0.2) is 5.78 Å². The zero-order valence-electron chi connectivity index (χ0n) is 25.1. The maximum absolute atomic E-state index is 15.2. The first kappa shape index (κ1) is 31.9. The minimum absolute atomic E-state index is 0.0809. The molecule has 0 spiro atoms. The molecule has 0 bridgehead atoms. The number of halogens is 5. The van der Waals surface area contributed by atoms with Crippen molar-refractivity contribution < 1.29 is 36.3 Å². The molecule has 4 heterocycles. The summed E-state index contributed by atoms with van der Waals surface area (Å²) in [5.41, 5.74) is 0.933. The maximum atomic E-state index is 15.2. The van der Waals surface area contributed by atoms with E-state index < -0.39 is 59.4 Å². The molecule has 0 radical (unpaired) electrons. The zero-order valence-corrected chi connectivity index (χ0v) is 25.1. The average Bonchev–Trinajstić information content (AvgIpc) is 3.53. The Balaban J connectivity index is 1.28. The number of carbonyl (C=O) groups excluding carboxylic acids is 2. The molecule has 2 atom stereocenters. The SMILES string of the molecule is CC(=O)[C@H](Cc1ccc(-c2cc3ccccc3n(C)c2=O)c2nccn12)NC(=O)c1c(F)cc(N2CCOC[C@H]2C(F)(F)F)cc1F. The van der Waals surface area contributed by atoms with E-state index in [0.717, 1.165) is 15.8 Å². The highest BCUT2D eigenvalue weighted by Crippen LogP contribution is 2.33. The van der Waals surface area contributed by atoms with Crippen molar-refractivity contribution in [2.45, 2.75) is 31.6 Å². The lowest BCUT2D eigenvalue weighted by Crippen LogP contribution is -2.53. The molecule has 1 aliphatic rings. The van der Waals surface area contributed by atoms with Crippen LogP contribution in [0, 0.1) is 11.6 Å². The molecule has 0 unspecified atom stereocenters. The zero-order chi connectivity index (χ0) is 33.6. The molecule has 6 rings (SSSR count). The van der Waals surface area contributed by atoms with Gasteiger partial charge in [0.1, 0.15) is 28.9 Å². The van der Waals surface area contributed by atoms with Gasteiger partial charge in [-0.25, -0.2) is 13.8 Å². The summed E-state index contributed by atoms with van der Waals surface area (Å²) in [4.78, 5) is 44.3. The van der Waals surface area contributed by atoms with Crippen LogP contribution in [0.5, 0.6) is 0 Å². The number of hydrogen-bond acceptors (Lipinski definition) is 6. The first-order valence-electron chi connectivity index (χ1n) is 14.6. The van der Waals surface area contributed by atoms with E-state index in [1.54, 1.807) is 40.4 Å². The van der Waals surface area contributed by atoms with Crippen molar-refractivity contribution in [2.24, 2.45) is 7.05 Å². The number of amides is 1. The van der Waals surface area contributed by atoms with Crippen LogP contribution in [-0.2, 0) is 23.0 Å². The number of carbonyl (C=O) groups is 2. The fraction of sp³-hybridized carbons (Fsp3) is 0.273. The second kappa shape index (κ2) is 12.2. The number of hydrogen-bond donors (Lipinski definition) is 1. The number of Topliss-reactive ketones (excluding diaryl/α,β-unsaturated/α-hetero) is 1. The van der Waals surface area contributed by atoms with E-state index in [1.807, 2.05) is 24.3 Å². The van der Waals surface area contributed by atoms with Gasteiger partial charge in [0.25, 0.3) is 11.5 Å². The minimum Gasteiger partial charge on any atom is -0.377 e. The third kappa shape index (κ3) is 5.96. The van der Waals surface area contributed by atoms with Gasteiger partial charge in [-0.2, -0.15) is 13.2 Å². The number of aromatic nitrogens is 3. The summed E-state index contributed by atoms with van der Waals surface area (Å²) in [5, 5.41) is 3.21. The molecule has 14 heteroatoms. The predicted molar refractivity (Wildman–Crippen MR) is 163 cm³/mol. The molecule has 1 saturated heterocycles. The summed E-state index contributed by atoms with van der Waals surface area (Å²) in [6.45, 7) is 0.147. The van der Waals surface area contributed by atoms with Crippen molar-refractivity contribution in [3.05, 3.63) is 100 Å². The van der Waals surface area contributed by atoms with Crippen LogP contribution in [0.3, 0.4) is 0 Å². The Labute approximate surface area is 264 Å². The third-order valence-electron chi connectivity index (χ3n) is 8.36. The molecule has 1 fully saturated rings. The minimum atomic E-state index is -4.72. The lowest BCUT2D eigenvalue weighted by atomic mass is 10.0. The number of para-hydroxylation sites is 1. The molecular formula is C33H28F5N5O4. The number of benzene rings is 2. The number of anilines is 1. The first-order valence-corrected chi connectivity index (χ1v) is 14.6. The second-order valence-electron chi connectivity index (χ2n) is 11.3. The summed E-state index contributed by atoms with van der Waals surface area (Å²) in [7, 11) is 1.67. The lowest BCUT2D eigenvalue weighted by Gasteiger charge is -2.38. The normalized spacial score (nSPS) is 16.1. The van der Waals surface area contributed by atoms with Gasteiger partial charge in [-0.1, -0.05) is 18.2 Å². The number of ketones is 1. The van der Waals surface area contributed by atoms with Gasteiger partial charge in [-0.15, -0.1) is 0 Å². The van der Waals surface area contributed by atoms with Crippen molar-refractivity contribution in [3.63, 3.8) is 0 Å². The number of nitrogens with one attached hydrogen (secondary N) is 1. The molecular weight excluding hydrogens is 625 g/mol. The first-order chi connectivity index (χ1) is 22.3. The number of imidazole rings is 1. The van der Waals surface area contributed by atoms with E-state index in [9.17, 15) is 27.6 Å². The van der Waals surface area contributed by atoms with E-state index >= 15 is 8.78 Å². The van der Waals surface area contributed by atoms with Crippen LogP contribution in [-0.4, -0.2) is 63.7 Å². The second-order valence-corrected chi connectivity index (χ2v) is 11.3. The number of aryl methyl sites for hydroxylation is 1. The third-order valence-corrected chi connectivity index (χ3v) is 8.36. The van der Waals surface area contributed by atoms with E-state index in [1.165, 1.54) is 13.1 Å². The van der Waals surface area contributed by atoms with Crippen LogP contribution >= 0.6 is 0 Å². The Morgan fingerprint density at radius 3 is 2.49 bits per heavy atom. The van der Waals surface area contributed by atoms with Gasteiger partial charge in [-0.3, -0.25) is 14.4 Å². The Hall–Kier alpha value is -5.11. The number of morpholine rings is 1. The van der Waals surface area contributed by atoms with Crippen LogP contribution in [0.1, 0.15) is 23.0 Å². The van der Waals surface area contributed by atoms with E-state index in [-0.39, 0.29) is 25.1 Å². The summed E-state index contributed by atoms with van der Waals surface area (Å²) in [5.74, 6) is -4.53. The van der Waals surface area contributed by atoms with E-state index in [2.05, 4.69) is 10.3 Å². The molecule has 0 aliphatic carbocycles. The van der Waals surface area contributed by atoms with Gasteiger partial charge in [0.2, 0.25) is 0 Å². The highest BCUT2D eigenvalue weighted by Gasteiger charge is 2.46. The van der Waals surface area contributed by atoms with E-state index in [4.69, 9.17) is 4.74 Å². The standard InChI is InChI=1S/C33H28F5N5O4/c1-18(44)26(40-31(45)29-24(34)14-21(15-25(29)35)42-11-12-47-17-28(42)33(36,37)38)16-20-7-8-22(30-39-9-10-43(20)30)23-13-19-5-3-4-6-27(19)41(2)32(23)46/h3-10,13-15,26,28H,11-12,16-17H2,1-2H3,(H,40,45)/t26-,28-/m0/s1. The Morgan fingerprint density at radius 2 is 1.79 bits per heavy atom. The van der Waals surface area contributed by atoms with E-state index in [0.29, 0.717) is 34.6 Å². The molecule has 2 aromatic carbocycles. The number of rotatable bonds is 7. The Kier molecular flexibility index (Phi) is 8.30. The predicted octanol–water partition coefficient (Wildman–Crippen LogP) is 4.83. The van der Waals surface area contributed by atoms with Crippen LogP contribution in [0.4, 0.5) is 27.6 Å². The van der Waals surface area contributed by atoms with Crippen LogP contribution in [0.2, 0.25) is 0 Å². The van der Waals surface area contributed by atoms with Gasteiger partial charge in [-0.05, 0) is 48.7 Å². The number of nitrogens with zero attached hydrogens (tertiary/aromatic N) is 4. The Bertz CT molecular complexity index is 2070. The number of pyridine rings is 2. The number of ether oxygens (including phenoxy) is 1. The highest BCUT2D eigenvalue weighted by molar-refractivity contribution is 5.98. The maximum Gasteiger partial charge on any atom is 0.411 e. The van der Waals surface area contributed by atoms with Crippen molar-refractivity contribution in [3.8, 4) is 11.1 Å². The monoisotopic (exact) mass is 653 g/mol. The molecule has 1 N–H and O–H groups in total. The molecule has 244 valence electrons. The van der Waals surface area contributed by atoms with Gasteiger partial charge < -0.3 is 23.9 Å². The summed E-state index contributed by atoms with van der Waals surface area (Å²) >= 11 is 0. The largest absolute Gasteiger partial charge is 0.411 e. The quantitative estimate of drug-likeness (QED) is 0.253. The van der Waals surface area contributed by atoms with Crippen molar-refractivity contribution >= 4 is 33.9 Å². The van der Waals surface area contributed by atoms with Gasteiger partial charge >= 0.3 is 6.18 Å². The summed E-state index contributed by atoms with van der Waals surface area (Å²) < 4.78 is 79.1. The highest BCUT2D eigenvalue weighted by atomic mass is 19.4. The fourth-order valence-electron chi connectivity index (χ4n) is 5.92. The molecule has 1 amide bonds. The van der Waals surface area contributed by atoms with Crippen molar-refractivity contribution in [2.75, 3.05) is 24.7 Å². The van der Waals surface area contributed by atoms with Crippen molar-refractivity contribution in [1.29, 1.82) is 0 Å². The van der Waals surface area contributed by atoms with Gasteiger partial charge in [0, 0.05) is 49.4 Å². The molecule has 47 heavy (non-hydrogen) atoms. The van der Waals surface area contributed by atoms with Crippen molar-refractivity contribution in [1.82, 2.24) is 19.3 Å². The van der Waals surface area contributed by atoms with Crippen LogP contribution in [0.15, 0.2) is 71.8 Å². The smallest absolute Gasteiger partial charge is 0.377 e. The summed E-state index contributed by atoms with van der Waals surface area (Å²) in [6, 6.07) is 10.5. The van der Waals surface area contributed by atoms with Gasteiger partial charge in [0.05, 0.1) is 30.3 Å². The number of fused-ring (bicyclic) bond motifs is 2. The van der Waals surface area contributed by atoms with Crippen LogP contribution in [0.25, 0.3) is 27.7 Å². The topological polar surface area (TPSA) is 97.9 Å². The summed E-state index contributed by atoms with van der Waals surface area (Å²) in [6.07, 6.45) is -1.69. The Morgan fingerprint density at radius 1 is 1.06 bits per heavy atom. The number of alkyl halides is 3. The molecule has 0 saturated carbocycles. The lowest BCUT2D eigenvalue weighted by molar-refractivity contribution is -0.167. The molecule has 5 aromatic rings. The molecule has 1 aliphatic heterocycles.